The standard InChI is InChI=1S/C23H30FN5O4/c1-12(25-3)22(32)27-19(11-30)23(33)28-7-6-20-21(28)17(10-29(20)13(2)31)16-9-26-18-5-4-14(24)8-15(16)18/h4-5,8-9,12,17,19-21,25-26,30H,6-7,10-11H2,1-3H3,(H,27,32)/t12-,17+,19-,20+,21+/m0/s1. The lowest BCUT2D eigenvalue weighted by Gasteiger charge is -2.31. The number of hydrogen-bond donors (Lipinski definition) is 4. The number of nitrogens with zero attached hydrogens (tertiary/aromatic N) is 2. The molecular weight excluding hydrogens is 429 g/mol. The van der Waals surface area contributed by atoms with E-state index >= 15 is 0 Å². The van der Waals surface area contributed by atoms with E-state index in [-0.39, 0.29) is 41.5 Å². The molecule has 1 aromatic heterocycles. The number of halogens is 1. The van der Waals surface area contributed by atoms with Crippen LogP contribution in [0.15, 0.2) is 24.4 Å². The Bertz CT molecular complexity index is 1070. The summed E-state index contributed by atoms with van der Waals surface area (Å²) in [6.45, 7) is 3.45. The van der Waals surface area contributed by atoms with Gasteiger partial charge in [-0.05, 0) is 44.2 Å². The summed E-state index contributed by atoms with van der Waals surface area (Å²) in [5.74, 6) is -1.44. The predicted octanol–water partition coefficient (Wildman–Crippen LogP) is 0.307. The molecule has 2 aromatic rings. The summed E-state index contributed by atoms with van der Waals surface area (Å²) in [5.41, 5.74) is 1.62. The SMILES string of the molecule is CN[C@@H](C)C(=O)N[C@@H](CO)C(=O)N1CC[C@@H]2[C@H]1[C@@H](c1c[nH]c3ccc(F)cc13)CN2C(C)=O. The molecule has 2 saturated heterocycles. The van der Waals surface area contributed by atoms with Crippen molar-refractivity contribution in [2.24, 2.45) is 0 Å². The third-order valence-corrected chi connectivity index (χ3v) is 7.01. The second-order valence-electron chi connectivity index (χ2n) is 8.84. The van der Waals surface area contributed by atoms with Crippen LogP contribution in [-0.4, -0.2) is 88.5 Å². The zero-order valence-corrected chi connectivity index (χ0v) is 19.0. The molecule has 0 spiro atoms. The molecule has 2 fully saturated rings. The molecule has 178 valence electrons. The van der Waals surface area contributed by atoms with Crippen molar-refractivity contribution in [1.82, 2.24) is 25.4 Å². The Kier molecular flexibility index (Phi) is 6.40. The number of amides is 3. The van der Waals surface area contributed by atoms with Crippen molar-refractivity contribution in [3.05, 3.63) is 35.8 Å². The van der Waals surface area contributed by atoms with E-state index in [1.807, 2.05) is 6.20 Å². The molecule has 9 nitrogen and oxygen atoms in total. The minimum atomic E-state index is -1.08. The van der Waals surface area contributed by atoms with Gasteiger partial charge < -0.3 is 30.5 Å². The summed E-state index contributed by atoms with van der Waals surface area (Å²) < 4.78 is 14.0. The lowest BCUT2D eigenvalue weighted by Crippen LogP contribution is -2.55. The average Bonchev–Trinajstić information content (AvgIpc) is 3.49. The van der Waals surface area contributed by atoms with Gasteiger partial charge in [0.05, 0.1) is 24.7 Å². The molecule has 10 heteroatoms. The minimum absolute atomic E-state index is 0.0809. The van der Waals surface area contributed by atoms with Crippen LogP contribution in [0.3, 0.4) is 0 Å². The monoisotopic (exact) mass is 459 g/mol. The number of aliphatic hydroxyl groups is 1. The molecule has 0 radical (unpaired) electrons. The van der Waals surface area contributed by atoms with Crippen molar-refractivity contribution in [1.29, 1.82) is 0 Å². The van der Waals surface area contributed by atoms with Gasteiger partial charge in [0.25, 0.3) is 0 Å². The molecular formula is C23H30FN5O4. The highest BCUT2D eigenvalue weighted by molar-refractivity contribution is 5.90. The van der Waals surface area contributed by atoms with E-state index in [0.29, 0.717) is 19.5 Å². The van der Waals surface area contributed by atoms with Gasteiger partial charge in [-0.2, -0.15) is 0 Å². The van der Waals surface area contributed by atoms with Gasteiger partial charge in [0, 0.05) is 43.0 Å². The predicted molar refractivity (Wildman–Crippen MR) is 120 cm³/mol. The molecule has 2 aliphatic rings. The van der Waals surface area contributed by atoms with Crippen LogP contribution in [0.4, 0.5) is 4.39 Å². The highest BCUT2D eigenvalue weighted by atomic mass is 19.1. The zero-order chi connectivity index (χ0) is 23.9. The molecule has 0 bridgehead atoms. The van der Waals surface area contributed by atoms with Crippen LogP contribution in [0.1, 0.15) is 31.7 Å². The summed E-state index contributed by atoms with van der Waals surface area (Å²) >= 11 is 0. The molecule has 0 aliphatic carbocycles. The first-order valence-corrected chi connectivity index (χ1v) is 11.2. The van der Waals surface area contributed by atoms with Crippen LogP contribution in [0.2, 0.25) is 0 Å². The van der Waals surface area contributed by atoms with Crippen molar-refractivity contribution < 1.29 is 23.9 Å². The van der Waals surface area contributed by atoms with Gasteiger partial charge in [-0.3, -0.25) is 14.4 Å². The maximum Gasteiger partial charge on any atom is 0.247 e. The first-order chi connectivity index (χ1) is 15.8. The number of hydrogen-bond acceptors (Lipinski definition) is 5. The Hall–Kier alpha value is -2.98. The quantitative estimate of drug-likeness (QED) is 0.496. The highest BCUT2D eigenvalue weighted by Crippen LogP contribution is 2.43. The summed E-state index contributed by atoms with van der Waals surface area (Å²) in [6, 6.07) is 2.39. The Morgan fingerprint density at radius 3 is 2.73 bits per heavy atom. The summed E-state index contributed by atoms with van der Waals surface area (Å²) in [5, 5.41) is 16.0. The van der Waals surface area contributed by atoms with Gasteiger partial charge in [-0.25, -0.2) is 4.39 Å². The number of aromatic amines is 1. The average molecular weight is 460 g/mol. The molecule has 1 aromatic carbocycles. The van der Waals surface area contributed by atoms with E-state index < -0.39 is 18.7 Å². The first kappa shape index (κ1) is 23.2. The number of likely N-dealkylation sites (tertiary alicyclic amines) is 2. The van der Waals surface area contributed by atoms with Crippen LogP contribution >= 0.6 is 0 Å². The Balaban J connectivity index is 1.66. The van der Waals surface area contributed by atoms with Crippen molar-refractivity contribution in [3.8, 4) is 0 Å². The van der Waals surface area contributed by atoms with Crippen molar-refractivity contribution in [2.75, 3.05) is 26.7 Å². The number of aromatic nitrogens is 1. The lowest BCUT2D eigenvalue weighted by atomic mass is 9.91. The van der Waals surface area contributed by atoms with Crippen LogP contribution < -0.4 is 10.6 Å². The molecule has 3 amide bonds. The fraction of sp³-hybridized carbons (Fsp3) is 0.522. The van der Waals surface area contributed by atoms with Crippen molar-refractivity contribution in [3.63, 3.8) is 0 Å². The number of benzene rings is 1. The Morgan fingerprint density at radius 1 is 1.30 bits per heavy atom. The Morgan fingerprint density at radius 2 is 2.06 bits per heavy atom. The van der Waals surface area contributed by atoms with Crippen molar-refractivity contribution in [2.45, 2.75) is 50.4 Å². The van der Waals surface area contributed by atoms with E-state index in [1.165, 1.54) is 19.1 Å². The molecule has 33 heavy (non-hydrogen) atoms. The number of rotatable bonds is 6. The van der Waals surface area contributed by atoms with Gasteiger partial charge >= 0.3 is 0 Å². The molecule has 3 heterocycles. The van der Waals surface area contributed by atoms with Gasteiger partial charge in [0.2, 0.25) is 17.7 Å². The highest BCUT2D eigenvalue weighted by Gasteiger charge is 2.52. The number of fused-ring (bicyclic) bond motifs is 2. The molecule has 0 saturated carbocycles. The normalized spacial score (nSPS) is 24.1. The van der Waals surface area contributed by atoms with Gasteiger partial charge in [-0.1, -0.05) is 0 Å². The maximum atomic E-state index is 14.0. The second-order valence-corrected chi connectivity index (χ2v) is 8.84. The summed E-state index contributed by atoms with van der Waals surface area (Å²) in [6.07, 6.45) is 2.42. The van der Waals surface area contributed by atoms with Crippen LogP contribution in [0, 0.1) is 5.82 Å². The molecule has 2 aliphatic heterocycles. The van der Waals surface area contributed by atoms with Crippen molar-refractivity contribution >= 4 is 28.6 Å². The van der Waals surface area contributed by atoms with E-state index in [2.05, 4.69) is 15.6 Å². The molecule has 5 atom stereocenters. The summed E-state index contributed by atoms with van der Waals surface area (Å²) in [7, 11) is 1.63. The zero-order valence-electron chi connectivity index (χ0n) is 19.0. The van der Waals surface area contributed by atoms with Crippen LogP contribution in [0.25, 0.3) is 10.9 Å². The van der Waals surface area contributed by atoms with E-state index in [4.69, 9.17) is 0 Å². The molecule has 0 unspecified atom stereocenters. The van der Waals surface area contributed by atoms with Gasteiger partial charge in [0.1, 0.15) is 11.9 Å². The fourth-order valence-electron chi connectivity index (χ4n) is 5.22. The number of carbonyl (C=O) groups is 3. The summed E-state index contributed by atoms with van der Waals surface area (Å²) in [4.78, 5) is 44.7. The topological polar surface area (TPSA) is 118 Å². The van der Waals surface area contributed by atoms with Crippen LogP contribution in [-0.2, 0) is 14.4 Å². The number of carbonyl (C=O) groups excluding carboxylic acids is 3. The maximum absolute atomic E-state index is 14.0. The largest absolute Gasteiger partial charge is 0.394 e. The lowest BCUT2D eigenvalue weighted by molar-refractivity contribution is -0.139. The van der Waals surface area contributed by atoms with E-state index in [0.717, 1.165) is 16.5 Å². The third-order valence-electron chi connectivity index (χ3n) is 7.01. The minimum Gasteiger partial charge on any atom is -0.394 e. The molecule has 4 rings (SSSR count). The smallest absolute Gasteiger partial charge is 0.247 e. The van der Waals surface area contributed by atoms with Gasteiger partial charge in [0.15, 0.2) is 0 Å². The van der Waals surface area contributed by atoms with E-state index in [9.17, 15) is 23.9 Å². The van der Waals surface area contributed by atoms with E-state index in [1.54, 1.807) is 29.8 Å². The fourth-order valence-corrected chi connectivity index (χ4v) is 5.22. The number of likely N-dealkylation sites (N-methyl/N-ethyl adjacent to an activating group) is 1. The second kappa shape index (κ2) is 9.11. The number of H-pyrrole nitrogens is 1. The third kappa shape index (κ3) is 4.08. The van der Waals surface area contributed by atoms with Gasteiger partial charge in [-0.15, -0.1) is 0 Å². The molecule has 4 N–H and O–H groups in total. The first-order valence-electron chi connectivity index (χ1n) is 11.2. The number of nitrogens with one attached hydrogen (secondary N) is 3. The number of aliphatic hydroxyl groups excluding tert-OH is 1. The van der Waals surface area contributed by atoms with Crippen LogP contribution in [0.5, 0.6) is 0 Å². The Labute approximate surface area is 191 Å².